The molecule has 1 saturated carbocycles. The number of Topliss-reactive ketones (excluding diaryl/α,β-unsaturated/α-hetero) is 2. The van der Waals surface area contributed by atoms with Crippen molar-refractivity contribution in [3.05, 3.63) is 53.5 Å². The van der Waals surface area contributed by atoms with Gasteiger partial charge in [0.15, 0.2) is 5.78 Å². The molecule has 0 bridgehead atoms. The Morgan fingerprint density at radius 3 is 1.68 bits per heavy atom. The molecule has 1 heterocycles. The van der Waals surface area contributed by atoms with Crippen LogP contribution in [0.15, 0.2) is 12.1 Å². The molecule has 31 heavy (non-hydrogen) atoms. The van der Waals surface area contributed by atoms with E-state index in [9.17, 15) is 14.4 Å². The molecular weight excluding hydrogens is 408 g/mol. The summed E-state index contributed by atoms with van der Waals surface area (Å²) in [5.41, 5.74) is 0. The molecule has 0 atom stereocenters. The third-order valence-electron chi connectivity index (χ3n) is 5.55. The van der Waals surface area contributed by atoms with Crippen LogP contribution in [0.1, 0.15) is 98.0 Å². The molecule has 2 rings (SSSR count). The highest BCUT2D eigenvalue weighted by Crippen LogP contribution is 2.26. The van der Waals surface area contributed by atoms with E-state index in [1.165, 1.54) is 56.3 Å². The van der Waals surface area contributed by atoms with Gasteiger partial charge in [-0.25, -0.2) is 0 Å². The number of aliphatic carboxylic acids is 1. The van der Waals surface area contributed by atoms with Crippen LogP contribution in [0.5, 0.6) is 0 Å². The number of hydrogen-bond donors (Lipinski definition) is 1. The molecule has 5 heteroatoms. The van der Waals surface area contributed by atoms with Gasteiger partial charge in [-0.05, 0) is 50.7 Å². The Bertz CT molecular complexity index is 673. The van der Waals surface area contributed by atoms with Crippen LogP contribution in [0.4, 0.5) is 0 Å². The minimum atomic E-state index is -0.859. The molecule has 1 aromatic rings. The van der Waals surface area contributed by atoms with E-state index in [1.54, 1.807) is 12.1 Å². The van der Waals surface area contributed by atoms with Gasteiger partial charge in [0.05, 0.1) is 11.3 Å². The third kappa shape index (κ3) is 11.1. The van der Waals surface area contributed by atoms with E-state index in [4.69, 9.17) is 5.11 Å². The van der Waals surface area contributed by atoms with Crippen LogP contribution < -0.4 is 0 Å². The van der Waals surface area contributed by atoms with Crippen molar-refractivity contribution in [2.45, 2.75) is 89.9 Å². The standard InChI is InChI=1S/C26H35O4S/c27-23(21-14-12-13-15-21)16-10-8-6-4-2-1-3-5-7-9-11-17-24(28)25-19-18-22(31-25)20-26(29)30/h12-15,18-19H,1-11,16-17,20H2,(H,29,30). The number of carboxylic acids is 1. The lowest BCUT2D eigenvalue weighted by molar-refractivity contribution is -0.136. The summed E-state index contributed by atoms with van der Waals surface area (Å²) in [4.78, 5) is 36.2. The van der Waals surface area contributed by atoms with Crippen molar-refractivity contribution in [1.82, 2.24) is 0 Å². The molecule has 5 radical (unpaired) electrons. The van der Waals surface area contributed by atoms with Gasteiger partial charge in [-0.15, -0.1) is 11.3 Å². The lowest BCUT2D eigenvalue weighted by Crippen LogP contribution is -2.08. The average molecular weight is 444 g/mol. The second-order valence-corrected chi connectivity index (χ2v) is 9.41. The van der Waals surface area contributed by atoms with E-state index in [0.29, 0.717) is 17.7 Å². The predicted octanol–water partition coefficient (Wildman–Crippen LogP) is 6.60. The van der Waals surface area contributed by atoms with Crippen LogP contribution >= 0.6 is 11.3 Å². The molecule has 1 N–H and O–H groups in total. The van der Waals surface area contributed by atoms with Crippen molar-refractivity contribution in [2.24, 2.45) is 0 Å². The zero-order chi connectivity index (χ0) is 22.3. The summed E-state index contributed by atoms with van der Waals surface area (Å²) < 4.78 is 0. The highest BCUT2D eigenvalue weighted by molar-refractivity contribution is 7.14. The number of thiophene rings is 1. The number of rotatable bonds is 18. The Kier molecular flexibility index (Phi) is 12.7. The quantitative estimate of drug-likeness (QED) is 0.205. The fraction of sp³-hybridized carbons (Fsp3) is 0.538. The van der Waals surface area contributed by atoms with Crippen molar-refractivity contribution in [3.63, 3.8) is 0 Å². The molecule has 0 saturated heterocycles. The number of carbonyl (C=O) groups is 3. The highest BCUT2D eigenvalue weighted by Gasteiger charge is 2.23. The largest absolute Gasteiger partial charge is 0.481 e. The molecule has 0 spiro atoms. The minimum absolute atomic E-state index is 0.00711. The van der Waals surface area contributed by atoms with Gasteiger partial charge in [0.1, 0.15) is 5.78 Å². The lowest BCUT2D eigenvalue weighted by atomic mass is 9.97. The minimum Gasteiger partial charge on any atom is -0.481 e. The Balaban J connectivity index is 1.35. The van der Waals surface area contributed by atoms with E-state index in [0.717, 1.165) is 36.5 Å². The summed E-state index contributed by atoms with van der Waals surface area (Å²) in [6.45, 7) is 0. The summed E-state index contributed by atoms with van der Waals surface area (Å²) in [5.74, 6) is 0.394. The summed E-state index contributed by atoms with van der Waals surface area (Å²) in [7, 11) is 0. The number of unbranched alkanes of at least 4 members (excludes halogenated alkanes) is 10. The van der Waals surface area contributed by atoms with E-state index < -0.39 is 5.97 Å². The molecule has 0 amide bonds. The Labute approximate surface area is 191 Å². The molecule has 1 aliphatic carbocycles. The summed E-state index contributed by atoms with van der Waals surface area (Å²) in [6, 6.07) is 3.50. The van der Waals surface area contributed by atoms with Crippen molar-refractivity contribution in [2.75, 3.05) is 0 Å². The smallest absolute Gasteiger partial charge is 0.308 e. The van der Waals surface area contributed by atoms with Gasteiger partial charge in [0, 0.05) is 23.6 Å². The first-order valence-electron chi connectivity index (χ1n) is 11.6. The van der Waals surface area contributed by atoms with E-state index in [-0.39, 0.29) is 18.0 Å². The molecule has 1 aliphatic rings. The summed E-state index contributed by atoms with van der Waals surface area (Å²) in [6.07, 6.45) is 21.6. The molecule has 0 unspecified atom stereocenters. The lowest BCUT2D eigenvalue weighted by Gasteiger charge is -2.06. The van der Waals surface area contributed by atoms with Gasteiger partial charge in [0.25, 0.3) is 0 Å². The fourth-order valence-electron chi connectivity index (χ4n) is 3.76. The first-order chi connectivity index (χ1) is 15.1. The zero-order valence-corrected chi connectivity index (χ0v) is 19.3. The van der Waals surface area contributed by atoms with E-state index >= 15 is 0 Å². The molecule has 0 aromatic carbocycles. The topological polar surface area (TPSA) is 71.4 Å². The first-order valence-corrected chi connectivity index (χ1v) is 12.5. The van der Waals surface area contributed by atoms with Gasteiger partial charge in [-0.2, -0.15) is 0 Å². The zero-order valence-electron chi connectivity index (χ0n) is 18.4. The van der Waals surface area contributed by atoms with E-state index in [2.05, 4.69) is 0 Å². The van der Waals surface area contributed by atoms with Gasteiger partial charge in [0.2, 0.25) is 0 Å². The third-order valence-corrected chi connectivity index (χ3v) is 6.68. The summed E-state index contributed by atoms with van der Waals surface area (Å²) in [5, 5.41) is 8.80. The van der Waals surface area contributed by atoms with Crippen LogP contribution in [0.25, 0.3) is 0 Å². The second-order valence-electron chi connectivity index (χ2n) is 8.25. The van der Waals surface area contributed by atoms with E-state index in [1.807, 2.05) is 25.7 Å². The highest BCUT2D eigenvalue weighted by atomic mass is 32.1. The number of ketones is 2. The molecular formula is C26H35O4S. The van der Waals surface area contributed by atoms with Crippen molar-refractivity contribution in [3.8, 4) is 0 Å². The van der Waals surface area contributed by atoms with Gasteiger partial charge in [-0.1, -0.05) is 57.8 Å². The maximum Gasteiger partial charge on any atom is 0.308 e. The molecule has 4 nitrogen and oxygen atoms in total. The SMILES string of the molecule is O=C(O)Cc1ccc(C(=O)CCCCCCCCCCCCCC(=O)[C]2[CH][CH][CH][CH]2)s1. The molecule has 1 aromatic heterocycles. The molecule has 0 aliphatic heterocycles. The monoisotopic (exact) mass is 443 g/mol. The molecule has 1 fully saturated rings. The van der Waals surface area contributed by atoms with Crippen molar-refractivity contribution < 1.29 is 19.5 Å². The van der Waals surface area contributed by atoms with Gasteiger partial charge >= 0.3 is 5.97 Å². The number of carbonyl (C=O) groups excluding carboxylic acids is 2. The summed E-state index contributed by atoms with van der Waals surface area (Å²) >= 11 is 1.31. The Morgan fingerprint density at radius 1 is 0.677 bits per heavy atom. The average Bonchev–Trinajstić information content (AvgIpc) is 3.43. The van der Waals surface area contributed by atoms with Gasteiger partial charge in [-0.3, -0.25) is 14.4 Å². The van der Waals surface area contributed by atoms with Crippen LogP contribution in [0.2, 0.25) is 0 Å². The Hall–Kier alpha value is -1.49. The maximum atomic E-state index is 12.2. The number of hydrogen-bond acceptors (Lipinski definition) is 4. The van der Waals surface area contributed by atoms with Crippen LogP contribution in [-0.2, 0) is 16.0 Å². The fourth-order valence-corrected chi connectivity index (χ4v) is 4.73. The normalized spacial score (nSPS) is 14.2. The maximum absolute atomic E-state index is 12.2. The number of carboxylic acid groups (broad SMARTS) is 1. The first kappa shape index (κ1) is 25.8. The van der Waals surface area contributed by atoms with Gasteiger partial charge < -0.3 is 5.11 Å². The van der Waals surface area contributed by atoms with Crippen LogP contribution in [0, 0.1) is 31.6 Å². The van der Waals surface area contributed by atoms with Crippen LogP contribution in [-0.4, -0.2) is 22.6 Å². The predicted molar refractivity (Wildman–Crippen MR) is 125 cm³/mol. The van der Waals surface area contributed by atoms with Crippen LogP contribution in [0.3, 0.4) is 0 Å². The molecule has 169 valence electrons. The Morgan fingerprint density at radius 2 is 1.16 bits per heavy atom. The second kappa shape index (κ2) is 15.3. The van der Waals surface area contributed by atoms with Crippen molar-refractivity contribution >= 4 is 28.9 Å². The van der Waals surface area contributed by atoms with Crippen molar-refractivity contribution in [1.29, 1.82) is 0 Å².